The molecular weight excluding hydrogens is 344 g/mol. The fourth-order valence-corrected chi connectivity index (χ4v) is 4.67. The number of aliphatic hydroxyl groups is 1. The summed E-state index contributed by atoms with van der Waals surface area (Å²) in [5, 5.41) is 11.1. The first-order valence-electron chi connectivity index (χ1n) is 8.65. The zero-order valence-electron chi connectivity index (χ0n) is 14.4. The molecule has 1 fully saturated rings. The highest BCUT2D eigenvalue weighted by Gasteiger charge is 2.43. The van der Waals surface area contributed by atoms with Gasteiger partial charge < -0.3 is 10.0 Å². The third-order valence-electron chi connectivity index (χ3n) is 5.03. The Hall–Kier alpha value is -2.50. The van der Waals surface area contributed by atoms with E-state index in [-0.39, 0.29) is 17.9 Å². The van der Waals surface area contributed by atoms with Crippen molar-refractivity contribution in [2.24, 2.45) is 0 Å². The second kappa shape index (κ2) is 7.02. The topological polar surface area (TPSA) is 53.4 Å². The first-order chi connectivity index (χ1) is 12.6. The summed E-state index contributed by atoms with van der Waals surface area (Å²) in [4.78, 5) is 20.3. The van der Waals surface area contributed by atoms with Crippen molar-refractivity contribution in [2.75, 3.05) is 7.05 Å². The number of benzene rings is 1. The van der Waals surface area contributed by atoms with Gasteiger partial charge in [-0.25, -0.2) is 0 Å². The van der Waals surface area contributed by atoms with Crippen LogP contribution in [-0.4, -0.2) is 34.0 Å². The van der Waals surface area contributed by atoms with Crippen molar-refractivity contribution in [1.29, 1.82) is 0 Å². The lowest BCUT2D eigenvalue weighted by Gasteiger charge is -2.29. The first kappa shape index (κ1) is 16.9. The van der Waals surface area contributed by atoms with Crippen LogP contribution in [-0.2, 0) is 4.79 Å². The van der Waals surface area contributed by atoms with Gasteiger partial charge >= 0.3 is 0 Å². The minimum absolute atomic E-state index is 0.0101. The first-order valence-corrected chi connectivity index (χ1v) is 9.46. The lowest BCUT2D eigenvalue weighted by Crippen LogP contribution is -2.36. The van der Waals surface area contributed by atoms with Crippen LogP contribution in [0.15, 0.2) is 66.9 Å². The van der Waals surface area contributed by atoms with E-state index in [9.17, 15) is 9.90 Å². The van der Waals surface area contributed by atoms with E-state index >= 15 is 0 Å². The average molecular weight is 364 g/mol. The Kier molecular flexibility index (Phi) is 4.57. The van der Waals surface area contributed by atoms with E-state index in [1.54, 1.807) is 18.1 Å². The van der Waals surface area contributed by atoms with Crippen molar-refractivity contribution in [3.8, 4) is 10.6 Å². The number of thiophene rings is 1. The quantitative estimate of drug-likeness (QED) is 0.765. The van der Waals surface area contributed by atoms with E-state index in [0.717, 1.165) is 21.0 Å². The molecule has 1 aliphatic rings. The van der Waals surface area contributed by atoms with Crippen molar-refractivity contribution < 1.29 is 9.90 Å². The van der Waals surface area contributed by atoms with Gasteiger partial charge in [-0.3, -0.25) is 9.78 Å². The Labute approximate surface area is 156 Å². The zero-order valence-corrected chi connectivity index (χ0v) is 15.3. The van der Waals surface area contributed by atoms with Crippen LogP contribution in [0.4, 0.5) is 0 Å². The van der Waals surface area contributed by atoms with Gasteiger partial charge in [-0.05, 0) is 29.8 Å². The van der Waals surface area contributed by atoms with Crippen molar-refractivity contribution >= 4 is 17.2 Å². The normalized spacial score (nSPS) is 21.2. The predicted octanol–water partition coefficient (Wildman–Crippen LogP) is 3.86. The van der Waals surface area contributed by atoms with Gasteiger partial charge in [0.05, 0.1) is 16.6 Å². The molecule has 0 radical (unpaired) electrons. The molecule has 3 aromatic rings. The van der Waals surface area contributed by atoms with Crippen LogP contribution < -0.4 is 0 Å². The number of rotatable bonds is 4. The molecule has 1 amide bonds. The van der Waals surface area contributed by atoms with Crippen LogP contribution in [0.2, 0.25) is 0 Å². The molecule has 2 aromatic heterocycles. The summed E-state index contributed by atoms with van der Waals surface area (Å²) in [6.45, 7) is 0. The lowest BCUT2D eigenvalue weighted by atomic mass is 9.88. The molecular formula is C21H20N2O2S. The van der Waals surface area contributed by atoms with Gasteiger partial charge in [0, 0.05) is 30.5 Å². The number of likely N-dealkylation sites (tertiary alicyclic amines) is 1. The van der Waals surface area contributed by atoms with Gasteiger partial charge in [-0.1, -0.05) is 36.4 Å². The fourth-order valence-electron chi connectivity index (χ4n) is 3.66. The van der Waals surface area contributed by atoms with E-state index in [4.69, 9.17) is 0 Å². The molecule has 0 bridgehead atoms. The van der Waals surface area contributed by atoms with Crippen LogP contribution in [0.1, 0.15) is 28.9 Å². The average Bonchev–Trinajstić information content (AvgIpc) is 3.29. The van der Waals surface area contributed by atoms with Gasteiger partial charge in [-0.2, -0.15) is 0 Å². The van der Waals surface area contributed by atoms with Crippen molar-refractivity contribution in [3.05, 3.63) is 77.3 Å². The number of aliphatic hydroxyl groups excluding tert-OH is 1. The molecule has 4 rings (SSSR count). The minimum atomic E-state index is -0.723. The standard InChI is InChI=1S/C21H20N2O2S/c1-23-19(24)13-15(14-7-3-2-4-8-14)20(23)21(25)18-11-10-17(26-18)16-9-5-6-12-22-16/h2-12,15,20-21,25H,13H2,1H3/t15-,20-,21?/m1/s1. The SMILES string of the molecule is CN1C(=O)C[C@H](c2ccccc2)[C@@H]1C(O)c1ccc(-c2ccccn2)s1. The molecule has 1 unspecified atom stereocenters. The number of amides is 1. The van der Waals surface area contributed by atoms with Gasteiger partial charge in [0.1, 0.15) is 6.10 Å². The summed E-state index contributed by atoms with van der Waals surface area (Å²) >= 11 is 1.53. The van der Waals surface area contributed by atoms with Gasteiger partial charge in [0.25, 0.3) is 0 Å². The van der Waals surface area contributed by atoms with Crippen LogP contribution >= 0.6 is 11.3 Å². The second-order valence-corrected chi connectivity index (χ2v) is 7.69. The number of likely N-dealkylation sites (N-methyl/N-ethyl adjacent to an activating group) is 1. The molecule has 1 saturated heterocycles. The van der Waals surface area contributed by atoms with Crippen molar-refractivity contribution in [2.45, 2.75) is 24.5 Å². The third-order valence-corrected chi connectivity index (χ3v) is 6.21. The Morgan fingerprint density at radius 3 is 2.62 bits per heavy atom. The number of hydrogen-bond acceptors (Lipinski definition) is 4. The molecule has 3 atom stereocenters. The molecule has 0 aliphatic carbocycles. The summed E-state index contributed by atoms with van der Waals surface area (Å²) in [5.41, 5.74) is 1.99. The maximum absolute atomic E-state index is 12.3. The van der Waals surface area contributed by atoms with Gasteiger partial charge in [0.2, 0.25) is 5.91 Å². The molecule has 0 saturated carbocycles. The summed E-state index contributed by atoms with van der Waals surface area (Å²) in [5.74, 6) is 0.0634. The van der Waals surface area contributed by atoms with E-state index in [0.29, 0.717) is 6.42 Å². The van der Waals surface area contributed by atoms with Gasteiger partial charge in [-0.15, -0.1) is 11.3 Å². The summed E-state index contributed by atoms with van der Waals surface area (Å²) in [7, 11) is 1.78. The van der Waals surface area contributed by atoms with Gasteiger partial charge in [0.15, 0.2) is 0 Å². The number of carbonyl (C=O) groups excluding carboxylic acids is 1. The highest BCUT2D eigenvalue weighted by molar-refractivity contribution is 7.15. The molecule has 1 aliphatic heterocycles. The van der Waals surface area contributed by atoms with E-state index in [1.165, 1.54) is 11.3 Å². The molecule has 26 heavy (non-hydrogen) atoms. The Balaban J connectivity index is 1.64. The Morgan fingerprint density at radius 1 is 1.12 bits per heavy atom. The number of aromatic nitrogens is 1. The summed E-state index contributed by atoms with van der Waals surface area (Å²) in [6, 6.07) is 19.4. The number of hydrogen-bond donors (Lipinski definition) is 1. The van der Waals surface area contributed by atoms with Crippen LogP contribution in [0.5, 0.6) is 0 Å². The largest absolute Gasteiger partial charge is 0.385 e. The minimum Gasteiger partial charge on any atom is -0.385 e. The Bertz CT molecular complexity index is 895. The van der Waals surface area contributed by atoms with Crippen molar-refractivity contribution in [3.63, 3.8) is 0 Å². The van der Waals surface area contributed by atoms with Crippen LogP contribution in [0.25, 0.3) is 10.6 Å². The van der Waals surface area contributed by atoms with E-state index in [1.807, 2.05) is 60.7 Å². The molecule has 5 heteroatoms. The lowest BCUT2D eigenvalue weighted by molar-refractivity contribution is -0.128. The summed E-state index contributed by atoms with van der Waals surface area (Å²) in [6.07, 6.45) is 1.47. The highest BCUT2D eigenvalue weighted by atomic mass is 32.1. The predicted molar refractivity (Wildman–Crippen MR) is 103 cm³/mol. The third kappa shape index (κ3) is 3.04. The number of carbonyl (C=O) groups is 1. The smallest absolute Gasteiger partial charge is 0.223 e. The summed E-state index contributed by atoms with van der Waals surface area (Å²) < 4.78 is 0. The van der Waals surface area contributed by atoms with Crippen molar-refractivity contribution in [1.82, 2.24) is 9.88 Å². The van der Waals surface area contributed by atoms with Crippen LogP contribution in [0, 0.1) is 0 Å². The van der Waals surface area contributed by atoms with Crippen LogP contribution in [0.3, 0.4) is 0 Å². The molecule has 3 heterocycles. The molecule has 132 valence electrons. The maximum Gasteiger partial charge on any atom is 0.223 e. The zero-order chi connectivity index (χ0) is 18.1. The number of nitrogens with zero attached hydrogens (tertiary/aromatic N) is 2. The molecule has 1 aromatic carbocycles. The molecule has 1 N–H and O–H groups in total. The van der Waals surface area contributed by atoms with E-state index < -0.39 is 6.10 Å². The second-order valence-electron chi connectivity index (χ2n) is 6.58. The molecule has 4 nitrogen and oxygen atoms in total. The highest BCUT2D eigenvalue weighted by Crippen LogP contribution is 2.42. The fraction of sp³-hybridized carbons (Fsp3) is 0.238. The monoisotopic (exact) mass is 364 g/mol. The molecule has 0 spiro atoms. The Morgan fingerprint density at radius 2 is 1.88 bits per heavy atom. The maximum atomic E-state index is 12.3. The number of pyridine rings is 1. The van der Waals surface area contributed by atoms with E-state index in [2.05, 4.69) is 4.98 Å².